The van der Waals surface area contributed by atoms with Crippen LogP contribution in [0.3, 0.4) is 0 Å². The number of aliphatic hydroxyl groups excluding tert-OH is 1. The standard InChI is InChI=1S/C44H70O13/c1-24(2)14-13-17-43(12,50)44(51)21-20-42(11)37(44)29(49)22-32-40(9)18-16-33(39(7,8)31(40)15-19-41(32,42)10)57-38-36(55-28(6)48)35(54-27(5)47)34(53-26(4)46)30(56-38)23-52-25(3)45/h14,29-38,49-51H,13,15-23H2,1-12H3/t29-,30-,31+,32-,33-,34-,35+,36-,37+,38+,40+,41-,42-,43+,44-/m1/s1. The van der Waals surface area contributed by atoms with Crippen LogP contribution in [-0.4, -0.2) is 99.9 Å². The number of esters is 4. The van der Waals surface area contributed by atoms with Gasteiger partial charge in [-0.25, -0.2) is 0 Å². The van der Waals surface area contributed by atoms with E-state index < -0.39 is 94.7 Å². The van der Waals surface area contributed by atoms with Crippen LogP contribution in [0.1, 0.15) is 141 Å². The zero-order valence-electron chi connectivity index (χ0n) is 36.3. The van der Waals surface area contributed by atoms with Gasteiger partial charge in [0.05, 0.1) is 23.4 Å². The van der Waals surface area contributed by atoms with Crippen LogP contribution in [0.4, 0.5) is 0 Å². The van der Waals surface area contributed by atoms with Crippen LogP contribution in [0.15, 0.2) is 11.6 Å². The van der Waals surface area contributed by atoms with E-state index >= 15 is 0 Å². The number of fused-ring (bicyclic) bond motifs is 5. The summed E-state index contributed by atoms with van der Waals surface area (Å²) in [6.07, 6.45) is 0.339. The minimum Gasteiger partial charge on any atom is -0.463 e. The molecule has 0 bridgehead atoms. The molecule has 0 aromatic rings. The average Bonchev–Trinajstić information content (AvgIpc) is 3.38. The van der Waals surface area contributed by atoms with E-state index in [4.69, 9.17) is 28.4 Å². The first-order valence-corrected chi connectivity index (χ1v) is 21.0. The summed E-state index contributed by atoms with van der Waals surface area (Å²) in [5.74, 6) is -2.93. The number of aliphatic hydroxyl groups is 3. The lowest BCUT2D eigenvalue weighted by Gasteiger charge is -2.71. The molecule has 324 valence electrons. The van der Waals surface area contributed by atoms with Crippen LogP contribution in [0.5, 0.6) is 0 Å². The van der Waals surface area contributed by atoms with Gasteiger partial charge >= 0.3 is 23.9 Å². The van der Waals surface area contributed by atoms with Crippen molar-refractivity contribution in [3.05, 3.63) is 11.6 Å². The summed E-state index contributed by atoms with van der Waals surface area (Å²) >= 11 is 0. The Morgan fingerprint density at radius 3 is 1.95 bits per heavy atom. The van der Waals surface area contributed by atoms with E-state index in [1.807, 2.05) is 13.8 Å². The second kappa shape index (κ2) is 16.1. The predicted molar refractivity (Wildman–Crippen MR) is 208 cm³/mol. The van der Waals surface area contributed by atoms with E-state index in [9.17, 15) is 34.5 Å². The van der Waals surface area contributed by atoms with Crippen LogP contribution in [0.2, 0.25) is 0 Å². The molecule has 5 aliphatic rings. The number of ether oxygens (including phenoxy) is 6. The van der Waals surface area contributed by atoms with Crippen molar-refractivity contribution in [2.45, 2.75) is 195 Å². The lowest BCUT2D eigenvalue weighted by Crippen LogP contribution is -2.70. The lowest BCUT2D eigenvalue weighted by atomic mass is 9.35. The Morgan fingerprint density at radius 1 is 0.772 bits per heavy atom. The number of hydrogen-bond donors (Lipinski definition) is 3. The first-order chi connectivity index (χ1) is 26.2. The fraction of sp³-hybridized carbons (Fsp3) is 0.864. The fourth-order valence-corrected chi connectivity index (χ4v) is 13.0. The quantitative estimate of drug-likeness (QED) is 0.0998. The van der Waals surface area contributed by atoms with Crippen molar-refractivity contribution in [2.24, 2.45) is 39.4 Å². The van der Waals surface area contributed by atoms with Crippen molar-refractivity contribution >= 4 is 23.9 Å². The van der Waals surface area contributed by atoms with Crippen LogP contribution in [0.25, 0.3) is 0 Å². The summed E-state index contributed by atoms with van der Waals surface area (Å²) in [5.41, 5.74) is -3.00. The van der Waals surface area contributed by atoms with Crippen molar-refractivity contribution in [3.63, 3.8) is 0 Å². The second-order valence-corrected chi connectivity index (χ2v) is 19.8. The van der Waals surface area contributed by atoms with Crippen molar-refractivity contribution in [2.75, 3.05) is 6.61 Å². The highest BCUT2D eigenvalue weighted by Gasteiger charge is 2.75. The smallest absolute Gasteiger partial charge is 0.303 e. The Bertz CT molecular complexity index is 1570. The Morgan fingerprint density at radius 2 is 1.37 bits per heavy atom. The fourth-order valence-electron chi connectivity index (χ4n) is 13.0. The van der Waals surface area contributed by atoms with Gasteiger partial charge in [0, 0.05) is 33.6 Å². The molecule has 0 radical (unpaired) electrons. The number of rotatable bonds is 11. The van der Waals surface area contributed by atoms with Gasteiger partial charge in [-0.1, -0.05) is 46.3 Å². The van der Waals surface area contributed by atoms with E-state index in [-0.39, 0.29) is 29.3 Å². The summed E-state index contributed by atoms with van der Waals surface area (Å²) in [6.45, 7) is 21.6. The molecule has 15 atom stereocenters. The van der Waals surface area contributed by atoms with Gasteiger partial charge < -0.3 is 43.7 Å². The topological polar surface area (TPSA) is 184 Å². The molecule has 1 aliphatic heterocycles. The molecule has 3 N–H and O–H groups in total. The molecule has 0 aromatic carbocycles. The molecule has 5 rings (SSSR count). The molecule has 5 fully saturated rings. The van der Waals surface area contributed by atoms with E-state index in [2.05, 4.69) is 40.7 Å². The van der Waals surface area contributed by atoms with Gasteiger partial charge in [0.2, 0.25) is 0 Å². The minimum absolute atomic E-state index is 0.115. The number of allylic oxidation sites excluding steroid dienone is 2. The molecule has 13 heteroatoms. The third-order valence-electron chi connectivity index (χ3n) is 15.7. The van der Waals surface area contributed by atoms with Gasteiger partial charge in [-0.05, 0) is 112 Å². The SMILES string of the molecule is CC(=O)OC[C@H]1O[C@@H](O[C@@H]2CC[C@]3(C)[C@H]4C[C@@H](O)[C@@H]5[C@@](O)([C@@](C)(O)CCC=C(C)C)CC[C@@]5(C)[C@]4(C)CC[C@H]3C2(C)C)[C@H](OC(C)=O)[C@@H](OC(C)=O)[C@@H]1OC(C)=O. The predicted octanol–water partition coefficient (Wildman–Crippen LogP) is 5.72. The van der Waals surface area contributed by atoms with Gasteiger partial charge in [0.15, 0.2) is 24.6 Å². The van der Waals surface area contributed by atoms with E-state index in [1.165, 1.54) is 27.7 Å². The van der Waals surface area contributed by atoms with Crippen LogP contribution in [-0.2, 0) is 47.6 Å². The number of hydrogen-bond acceptors (Lipinski definition) is 13. The minimum atomic E-state index is -1.43. The number of carbonyl (C=O) groups excluding carboxylic acids is 4. The Balaban J connectivity index is 1.44. The van der Waals surface area contributed by atoms with Crippen molar-refractivity contribution in [1.82, 2.24) is 0 Å². The molecule has 1 heterocycles. The Labute approximate surface area is 338 Å². The summed E-state index contributed by atoms with van der Waals surface area (Å²) < 4.78 is 35.4. The molecule has 0 spiro atoms. The van der Waals surface area contributed by atoms with E-state index in [0.717, 1.165) is 24.8 Å². The highest BCUT2D eigenvalue weighted by molar-refractivity contribution is 5.68. The average molecular weight is 807 g/mol. The van der Waals surface area contributed by atoms with E-state index in [1.54, 1.807) is 6.92 Å². The van der Waals surface area contributed by atoms with Crippen LogP contribution < -0.4 is 0 Å². The second-order valence-electron chi connectivity index (χ2n) is 19.8. The first-order valence-electron chi connectivity index (χ1n) is 21.0. The zero-order chi connectivity index (χ0) is 42.7. The molecule has 4 aliphatic carbocycles. The van der Waals surface area contributed by atoms with Crippen molar-refractivity contribution in [3.8, 4) is 0 Å². The van der Waals surface area contributed by atoms with Crippen LogP contribution in [0, 0.1) is 39.4 Å². The molecule has 0 aromatic heterocycles. The zero-order valence-corrected chi connectivity index (χ0v) is 36.3. The lowest BCUT2D eigenvalue weighted by molar-refractivity contribution is -0.335. The normalized spacial score (nSPS) is 43.2. The van der Waals surface area contributed by atoms with Gasteiger partial charge in [0.1, 0.15) is 12.7 Å². The maximum Gasteiger partial charge on any atom is 0.303 e. The maximum atomic E-state index is 12.5. The monoisotopic (exact) mass is 806 g/mol. The molecule has 0 amide bonds. The summed E-state index contributed by atoms with van der Waals surface area (Å²) in [5, 5.41) is 36.7. The molecule has 0 unspecified atom stereocenters. The van der Waals surface area contributed by atoms with Crippen LogP contribution >= 0.6 is 0 Å². The molecule has 1 saturated heterocycles. The first kappa shape index (κ1) is 45.5. The summed E-state index contributed by atoms with van der Waals surface area (Å²) in [6, 6.07) is 0. The molecule has 13 nitrogen and oxygen atoms in total. The largest absolute Gasteiger partial charge is 0.463 e. The third kappa shape index (κ3) is 8.05. The van der Waals surface area contributed by atoms with E-state index in [0.29, 0.717) is 38.5 Å². The molecular weight excluding hydrogens is 736 g/mol. The maximum absolute atomic E-state index is 12.5. The van der Waals surface area contributed by atoms with Gasteiger partial charge in [-0.3, -0.25) is 19.2 Å². The Hall–Kier alpha value is -2.58. The van der Waals surface area contributed by atoms with Gasteiger partial charge in [-0.15, -0.1) is 0 Å². The number of carbonyl (C=O) groups is 4. The highest BCUT2D eigenvalue weighted by atomic mass is 16.7. The Kier molecular flexibility index (Phi) is 12.9. The van der Waals surface area contributed by atoms with Crippen molar-refractivity contribution in [1.29, 1.82) is 0 Å². The summed E-state index contributed by atoms with van der Waals surface area (Å²) in [4.78, 5) is 49.1. The highest BCUT2D eigenvalue weighted by Crippen LogP contribution is 2.76. The molecule has 4 saturated carbocycles. The molecule has 57 heavy (non-hydrogen) atoms. The van der Waals surface area contributed by atoms with Gasteiger partial charge in [-0.2, -0.15) is 0 Å². The molecular formula is C44H70O13. The van der Waals surface area contributed by atoms with Crippen molar-refractivity contribution < 1.29 is 62.9 Å². The van der Waals surface area contributed by atoms with Gasteiger partial charge in [0.25, 0.3) is 0 Å². The summed E-state index contributed by atoms with van der Waals surface area (Å²) in [7, 11) is 0. The third-order valence-corrected chi connectivity index (χ3v) is 15.7.